The van der Waals surface area contributed by atoms with E-state index in [0.717, 1.165) is 12.8 Å². The van der Waals surface area contributed by atoms with E-state index < -0.39 is 12.0 Å². The van der Waals surface area contributed by atoms with E-state index in [1.165, 1.54) is 64.7 Å². The zero-order chi connectivity index (χ0) is 16.6. The predicted molar refractivity (Wildman–Crippen MR) is 88.6 cm³/mol. The van der Waals surface area contributed by atoms with Gasteiger partial charge in [0.2, 0.25) is 0 Å². The van der Waals surface area contributed by atoms with Gasteiger partial charge in [-0.15, -0.1) is 0 Å². The zero-order valence-corrected chi connectivity index (χ0v) is 18.6. The number of unbranched alkanes of at least 4 members (excludes halogenated alkanes) is 10. The molecule has 0 aromatic rings. The van der Waals surface area contributed by atoms with Crippen LogP contribution in [0.4, 0.5) is 0 Å². The molecule has 0 aromatic heterocycles. The largest absolute Gasteiger partial charge is 1.00 e. The molecule has 0 aromatic carbocycles. The van der Waals surface area contributed by atoms with Gasteiger partial charge in [0.05, 0.1) is 12.5 Å². The molecule has 5 heteroatoms. The van der Waals surface area contributed by atoms with Crippen molar-refractivity contribution in [2.75, 3.05) is 6.54 Å². The number of hydrogen-bond acceptors (Lipinski definition) is 4. The molecule has 0 aliphatic heterocycles. The van der Waals surface area contributed by atoms with Gasteiger partial charge in [0.25, 0.3) is 0 Å². The molecule has 1 N–H and O–H groups in total. The van der Waals surface area contributed by atoms with E-state index in [2.05, 4.69) is 12.2 Å². The fourth-order valence-electron chi connectivity index (χ4n) is 2.43. The molecule has 0 saturated heterocycles. The average molecular weight is 352 g/mol. The third kappa shape index (κ3) is 18.9. The average Bonchev–Trinajstić information content (AvgIpc) is 2.50. The van der Waals surface area contributed by atoms with Crippen molar-refractivity contribution < 1.29 is 66.1 Å². The molecule has 0 fully saturated rings. The molecule has 0 heterocycles. The monoisotopic (exact) mass is 351 g/mol. The van der Waals surface area contributed by atoms with Gasteiger partial charge < -0.3 is 15.2 Å². The summed E-state index contributed by atoms with van der Waals surface area (Å²) in [5.41, 5.74) is 0. The number of rotatable bonds is 16. The third-order valence-electron chi connectivity index (χ3n) is 4.02. The number of carboxylic acids is 1. The number of carbonyl (C=O) groups excluding carboxylic acids is 2. The Balaban J connectivity index is 0. The second kappa shape index (κ2) is 19.1. The van der Waals surface area contributed by atoms with Crippen LogP contribution >= 0.6 is 0 Å². The second-order valence-electron chi connectivity index (χ2n) is 6.25. The summed E-state index contributed by atoms with van der Waals surface area (Å²) in [6, 6.07) is -0.763. The standard InChI is InChI=1S/C18H35NO3.K/c1-3-4-5-6-7-8-9-10-11-12-13-14-17(20)15-19-16(2)18(21)22;/h16,19H,3-15H2,1-2H3,(H,21,22);/q;+1/p-1/t16-;/m0./s1. The SMILES string of the molecule is CCCCCCCCCCCCCC(=O)CN[C@@H](C)C(=O)[O-].[K+]. The molecular weight excluding hydrogens is 317 g/mol. The van der Waals surface area contributed by atoms with Crippen molar-refractivity contribution in [1.29, 1.82) is 0 Å². The molecule has 0 unspecified atom stereocenters. The van der Waals surface area contributed by atoms with Gasteiger partial charge in [-0.25, -0.2) is 0 Å². The fraction of sp³-hybridized carbons (Fsp3) is 0.889. The first-order valence-corrected chi connectivity index (χ1v) is 9.03. The number of aliphatic carboxylic acids is 1. The molecule has 0 radical (unpaired) electrons. The molecule has 4 nitrogen and oxygen atoms in total. The van der Waals surface area contributed by atoms with Crippen molar-refractivity contribution in [2.24, 2.45) is 0 Å². The van der Waals surface area contributed by atoms with Crippen LogP contribution in [-0.2, 0) is 9.59 Å². The quantitative estimate of drug-likeness (QED) is 0.314. The van der Waals surface area contributed by atoms with Gasteiger partial charge in [-0.1, -0.05) is 71.1 Å². The van der Waals surface area contributed by atoms with Crippen LogP contribution in [0.25, 0.3) is 0 Å². The topological polar surface area (TPSA) is 69.2 Å². The minimum atomic E-state index is -1.16. The molecule has 0 saturated carbocycles. The maximum atomic E-state index is 11.6. The summed E-state index contributed by atoms with van der Waals surface area (Å²) < 4.78 is 0. The van der Waals surface area contributed by atoms with Crippen molar-refractivity contribution >= 4 is 11.8 Å². The molecular formula is C18H34KNO3. The summed E-state index contributed by atoms with van der Waals surface area (Å²) in [7, 11) is 0. The Morgan fingerprint density at radius 1 is 0.870 bits per heavy atom. The van der Waals surface area contributed by atoms with Gasteiger partial charge in [-0.05, 0) is 13.3 Å². The van der Waals surface area contributed by atoms with Crippen molar-refractivity contribution in [3.8, 4) is 0 Å². The van der Waals surface area contributed by atoms with Crippen LogP contribution in [0, 0.1) is 0 Å². The maximum absolute atomic E-state index is 11.6. The van der Waals surface area contributed by atoms with Crippen LogP contribution < -0.4 is 61.8 Å². The second-order valence-corrected chi connectivity index (χ2v) is 6.25. The predicted octanol–water partition coefficient (Wildman–Crippen LogP) is -0.0114. The van der Waals surface area contributed by atoms with Gasteiger partial charge in [-0.3, -0.25) is 4.79 Å². The first kappa shape index (κ1) is 26.0. The first-order chi connectivity index (χ1) is 10.6. The van der Waals surface area contributed by atoms with Gasteiger partial charge in [-0.2, -0.15) is 0 Å². The molecule has 23 heavy (non-hydrogen) atoms. The summed E-state index contributed by atoms with van der Waals surface area (Å²) in [6.07, 6.45) is 14.5. The molecule has 1 atom stereocenters. The number of carboxylic acid groups (broad SMARTS) is 1. The van der Waals surface area contributed by atoms with E-state index in [-0.39, 0.29) is 63.7 Å². The summed E-state index contributed by atoms with van der Waals surface area (Å²) >= 11 is 0. The Morgan fingerprint density at radius 2 is 1.30 bits per heavy atom. The van der Waals surface area contributed by atoms with Crippen LogP contribution in [0.2, 0.25) is 0 Å². The van der Waals surface area contributed by atoms with E-state index in [1.54, 1.807) is 0 Å². The third-order valence-corrected chi connectivity index (χ3v) is 4.02. The number of nitrogens with one attached hydrogen (secondary N) is 1. The molecule has 0 spiro atoms. The van der Waals surface area contributed by atoms with Crippen LogP contribution in [0.5, 0.6) is 0 Å². The maximum Gasteiger partial charge on any atom is 1.00 e. The summed E-state index contributed by atoms with van der Waals surface area (Å²) in [6.45, 7) is 3.86. The zero-order valence-electron chi connectivity index (χ0n) is 15.5. The Bertz CT molecular complexity index is 298. The molecule has 0 aliphatic rings. The minimum absolute atomic E-state index is 0. The van der Waals surface area contributed by atoms with E-state index in [9.17, 15) is 14.7 Å². The van der Waals surface area contributed by atoms with Gasteiger partial charge >= 0.3 is 51.4 Å². The van der Waals surface area contributed by atoms with Crippen LogP contribution in [0.3, 0.4) is 0 Å². The van der Waals surface area contributed by atoms with Crippen molar-refractivity contribution in [3.63, 3.8) is 0 Å². The Kier molecular flexibility index (Phi) is 21.5. The van der Waals surface area contributed by atoms with Crippen LogP contribution in [0.15, 0.2) is 0 Å². The smallest absolute Gasteiger partial charge is 0.548 e. The number of Topliss-reactive ketones (excluding diaryl/α,β-unsaturated/α-hetero) is 1. The van der Waals surface area contributed by atoms with Gasteiger partial charge in [0.1, 0.15) is 5.78 Å². The molecule has 0 amide bonds. The van der Waals surface area contributed by atoms with Gasteiger partial charge in [0, 0.05) is 12.5 Å². The van der Waals surface area contributed by atoms with E-state index in [4.69, 9.17) is 0 Å². The summed E-state index contributed by atoms with van der Waals surface area (Å²) in [4.78, 5) is 22.0. The normalized spacial score (nSPS) is 11.7. The summed E-state index contributed by atoms with van der Waals surface area (Å²) in [5.74, 6) is -1.08. The Morgan fingerprint density at radius 3 is 1.74 bits per heavy atom. The van der Waals surface area contributed by atoms with Crippen molar-refractivity contribution in [3.05, 3.63) is 0 Å². The van der Waals surface area contributed by atoms with Crippen molar-refractivity contribution in [1.82, 2.24) is 5.32 Å². The number of ketones is 1. The number of hydrogen-bond donors (Lipinski definition) is 1. The Labute approximate surface area is 185 Å². The number of carbonyl (C=O) groups is 2. The molecule has 130 valence electrons. The van der Waals surface area contributed by atoms with E-state index >= 15 is 0 Å². The van der Waals surface area contributed by atoms with E-state index in [1.807, 2.05) is 0 Å². The molecule has 0 aliphatic carbocycles. The fourth-order valence-corrected chi connectivity index (χ4v) is 2.43. The minimum Gasteiger partial charge on any atom is -0.548 e. The van der Waals surface area contributed by atoms with Crippen LogP contribution in [0.1, 0.15) is 90.9 Å². The summed E-state index contributed by atoms with van der Waals surface area (Å²) in [5, 5.41) is 13.1. The van der Waals surface area contributed by atoms with E-state index in [0.29, 0.717) is 6.42 Å². The van der Waals surface area contributed by atoms with Gasteiger partial charge in [0.15, 0.2) is 0 Å². The molecule has 0 rings (SSSR count). The Hall–Kier alpha value is 0.736. The first-order valence-electron chi connectivity index (χ1n) is 9.03. The van der Waals surface area contributed by atoms with Crippen LogP contribution in [-0.4, -0.2) is 24.3 Å². The van der Waals surface area contributed by atoms with Crippen molar-refractivity contribution in [2.45, 2.75) is 96.9 Å². The molecule has 0 bridgehead atoms.